The van der Waals surface area contributed by atoms with E-state index >= 15 is 0 Å². The van der Waals surface area contributed by atoms with E-state index in [2.05, 4.69) is 57.3 Å². The number of rotatable bonds is 6. The van der Waals surface area contributed by atoms with Crippen molar-refractivity contribution in [3.63, 3.8) is 0 Å². The van der Waals surface area contributed by atoms with Crippen LogP contribution in [0.1, 0.15) is 50.7 Å². The highest BCUT2D eigenvalue weighted by molar-refractivity contribution is 5.23. The molecule has 1 nitrogen and oxygen atoms in total. The minimum absolute atomic E-state index is 1.20. The van der Waals surface area contributed by atoms with Crippen LogP contribution in [0.25, 0.3) is 0 Å². The van der Waals surface area contributed by atoms with Crippen LogP contribution in [0, 0.1) is 13.8 Å². The average Bonchev–Trinajstić information content (AvgIpc) is 2.34. The largest absolute Gasteiger partial charge is 0.317 e. The number of aryl methyl sites for hydroxylation is 2. The fourth-order valence-electron chi connectivity index (χ4n) is 1.39. The summed E-state index contributed by atoms with van der Waals surface area (Å²) in [6, 6.07) is 8.36. The molecule has 1 rings (SSSR count). The summed E-state index contributed by atoms with van der Waals surface area (Å²) in [5.41, 5.74) is 2.74. The highest BCUT2D eigenvalue weighted by atomic mass is 14.8. The summed E-state index contributed by atoms with van der Waals surface area (Å²) in [5.74, 6) is 0. The van der Waals surface area contributed by atoms with Gasteiger partial charge in [0, 0.05) is 0 Å². The Morgan fingerprint density at radius 1 is 0.824 bits per heavy atom. The molecule has 0 spiro atoms. The van der Waals surface area contributed by atoms with Gasteiger partial charge in [0.2, 0.25) is 0 Å². The van der Waals surface area contributed by atoms with Crippen molar-refractivity contribution in [1.29, 1.82) is 0 Å². The Morgan fingerprint density at radius 3 is 1.53 bits per heavy atom. The van der Waals surface area contributed by atoms with E-state index in [1.165, 1.54) is 49.9 Å². The molecule has 0 fully saturated rings. The van der Waals surface area contributed by atoms with Gasteiger partial charge in [0.15, 0.2) is 0 Å². The third-order valence-corrected chi connectivity index (χ3v) is 2.84. The molecule has 98 valence electrons. The maximum absolute atomic E-state index is 3.39. The first kappa shape index (κ1) is 16.2. The molecule has 0 radical (unpaired) electrons. The molecule has 1 N–H and O–H groups in total. The second-order valence-corrected chi connectivity index (χ2v) is 4.54. The van der Waals surface area contributed by atoms with E-state index in [1.807, 2.05) is 0 Å². The normalized spacial score (nSPS) is 9.65. The Balaban J connectivity index is 0.000000302. The molecule has 0 aliphatic heterocycles. The van der Waals surface area contributed by atoms with Gasteiger partial charge >= 0.3 is 0 Å². The molecule has 0 aliphatic rings. The molecule has 0 atom stereocenters. The monoisotopic (exact) mass is 235 g/mol. The van der Waals surface area contributed by atoms with Crippen molar-refractivity contribution < 1.29 is 0 Å². The van der Waals surface area contributed by atoms with Gasteiger partial charge in [0.1, 0.15) is 0 Å². The summed E-state index contributed by atoms with van der Waals surface area (Å²) < 4.78 is 0. The zero-order valence-corrected chi connectivity index (χ0v) is 12.1. The molecular weight excluding hydrogens is 206 g/mol. The molecule has 0 saturated heterocycles. The van der Waals surface area contributed by atoms with E-state index in [0.29, 0.717) is 0 Å². The van der Waals surface area contributed by atoms with Crippen molar-refractivity contribution in [2.75, 3.05) is 13.1 Å². The summed E-state index contributed by atoms with van der Waals surface area (Å²) in [5, 5.41) is 3.39. The van der Waals surface area contributed by atoms with E-state index < -0.39 is 0 Å². The fraction of sp³-hybridized carbons (Fsp3) is 0.625. The summed E-state index contributed by atoms with van der Waals surface area (Å²) in [4.78, 5) is 0. The zero-order chi connectivity index (χ0) is 12.9. The lowest BCUT2D eigenvalue weighted by Gasteiger charge is -1.99. The van der Waals surface area contributed by atoms with Crippen LogP contribution in [0.5, 0.6) is 0 Å². The van der Waals surface area contributed by atoms with Crippen LogP contribution in [0.15, 0.2) is 24.3 Å². The van der Waals surface area contributed by atoms with Crippen LogP contribution in [0.4, 0.5) is 0 Å². The number of unbranched alkanes of at least 4 members (excludes halogenated alkanes) is 2. The standard InChI is InChI=1S/C8H19N.C8H10/c1-3-5-7-9-8-6-4-2;1-7-5-3-4-6-8(7)2/h9H,3-8H2,1-2H3;3-6H,1-2H3. The topological polar surface area (TPSA) is 12.0 Å². The van der Waals surface area contributed by atoms with Crippen LogP contribution >= 0.6 is 0 Å². The van der Waals surface area contributed by atoms with Crippen molar-refractivity contribution in [3.05, 3.63) is 35.4 Å². The maximum Gasteiger partial charge on any atom is -0.00490 e. The Bertz CT molecular complexity index is 241. The maximum atomic E-state index is 3.39. The van der Waals surface area contributed by atoms with Crippen molar-refractivity contribution in [2.24, 2.45) is 0 Å². The highest BCUT2D eigenvalue weighted by Crippen LogP contribution is 2.02. The first-order valence-electron chi connectivity index (χ1n) is 6.95. The summed E-state index contributed by atoms with van der Waals surface area (Å²) >= 11 is 0. The lowest BCUT2D eigenvalue weighted by atomic mass is 10.1. The summed E-state index contributed by atoms with van der Waals surface area (Å²) in [7, 11) is 0. The Morgan fingerprint density at radius 2 is 1.24 bits per heavy atom. The Kier molecular flexibility index (Phi) is 11.1. The molecule has 1 aromatic carbocycles. The molecule has 0 unspecified atom stereocenters. The van der Waals surface area contributed by atoms with Gasteiger partial charge in [-0.1, -0.05) is 51.0 Å². The van der Waals surface area contributed by atoms with Gasteiger partial charge in [0.05, 0.1) is 0 Å². The predicted molar refractivity (Wildman–Crippen MR) is 78.6 cm³/mol. The van der Waals surface area contributed by atoms with Crippen molar-refractivity contribution in [2.45, 2.75) is 53.4 Å². The van der Waals surface area contributed by atoms with Gasteiger partial charge in [-0.25, -0.2) is 0 Å². The third-order valence-electron chi connectivity index (χ3n) is 2.84. The highest BCUT2D eigenvalue weighted by Gasteiger charge is 1.84. The zero-order valence-electron chi connectivity index (χ0n) is 12.1. The smallest absolute Gasteiger partial charge is 0.00490 e. The average molecular weight is 235 g/mol. The number of hydrogen-bond acceptors (Lipinski definition) is 1. The minimum atomic E-state index is 1.20. The van der Waals surface area contributed by atoms with Gasteiger partial charge in [-0.05, 0) is 50.9 Å². The van der Waals surface area contributed by atoms with Crippen LogP contribution in [0.2, 0.25) is 0 Å². The SMILES string of the molecule is CCCCNCCCC.Cc1ccccc1C. The molecule has 0 amide bonds. The number of nitrogens with one attached hydrogen (secondary N) is 1. The first-order chi connectivity index (χ1) is 8.22. The summed E-state index contributed by atoms with van der Waals surface area (Å²) in [6.07, 6.45) is 5.26. The van der Waals surface area contributed by atoms with Crippen LogP contribution in [-0.2, 0) is 0 Å². The molecule has 0 saturated carbocycles. The van der Waals surface area contributed by atoms with E-state index in [9.17, 15) is 0 Å². The van der Waals surface area contributed by atoms with Gasteiger partial charge < -0.3 is 5.32 Å². The number of hydrogen-bond donors (Lipinski definition) is 1. The quantitative estimate of drug-likeness (QED) is 0.717. The molecule has 17 heavy (non-hydrogen) atoms. The molecule has 0 heterocycles. The molecule has 0 aromatic heterocycles. The van der Waals surface area contributed by atoms with Gasteiger partial charge in [-0.15, -0.1) is 0 Å². The molecule has 1 heteroatoms. The lowest BCUT2D eigenvalue weighted by molar-refractivity contribution is 0.611. The van der Waals surface area contributed by atoms with E-state index in [0.717, 1.165) is 0 Å². The second-order valence-electron chi connectivity index (χ2n) is 4.54. The summed E-state index contributed by atoms with van der Waals surface area (Å²) in [6.45, 7) is 11.1. The number of benzene rings is 1. The van der Waals surface area contributed by atoms with Crippen LogP contribution < -0.4 is 5.32 Å². The van der Waals surface area contributed by atoms with Gasteiger partial charge in [-0.2, -0.15) is 0 Å². The van der Waals surface area contributed by atoms with Gasteiger partial charge in [-0.3, -0.25) is 0 Å². The van der Waals surface area contributed by atoms with Crippen LogP contribution in [0.3, 0.4) is 0 Å². The van der Waals surface area contributed by atoms with Gasteiger partial charge in [0.25, 0.3) is 0 Å². The molecular formula is C16H29N. The van der Waals surface area contributed by atoms with Crippen LogP contribution in [-0.4, -0.2) is 13.1 Å². The van der Waals surface area contributed by atoms with E-state index in [4.69, 9.17) is 0 Å². The Labute approximate surface area is 108 Å². The molecule has 0 bridgehead atoms. The van der Waals surface area contributed by atoms with E-state index in [-0.39, 0.29) is 0 Å². The van der Waals surface area contributed by atoms with E-state index in [1.54, 1.807) is 0 Å². The molecule has 0 aliphatic carbocycles. The second kappa shape index (κ2) is 11.7. The van der Waals surface area contributed by atoms with Crippen molar-refractivity contribution in [1.82, 2.24) is 5.32 Å². The van der Waals surface area contributed by atoms with Crippen molar-refractivity contribution >= 4 is 0 Å². The minimum Gasteiger partial charge on any atom is -0.317 e. The van der Waals surface area contributed by atoms with Crippen molar-refractivity contribution in [3.8, 4) is 0 Å². The first-order valence-corrected chi connectivity index (χ1v) is 6.95. The lowest BCUT2D eigenvalue weighted by Crippen LogP contribution is -2.15. The Hall–Kier alpha value is -0.820. The third kappa shape index (κ3) is 10.1. The fourth-order valence-corrected chi connectivity index (χ4v) is 1.39. The molecule has 1 aromatic rings. The predicted octanol–water partition coefficient (Wildman–Crippen LogP) is 4.48.